The number of hydrogen-bond acceptors (Lipinski definition) is 6. The summed E-state index contributed by atoms with van der Waals surface area (Å²) < 4.78 is 11.0. The third kappa shape index (κ3) is 7.71. The molecule has 0 bridgehead atoms. The Bertz CT molecular complexity index is 1370. The molecule has 0 aliphatic heterocycles. The van der Waals surface area contributed by atoms with E-state index >= 15 is 0 Å². The Morgan fingerprint density at radius 1 is 0.795 bits per heavy atom. The van der Waals surface area contributed by atoms with Crippen molar-refractivity contribution in [3.63, 3.8) is 0 Å². The topological polar surface area (TPSA) is 76.7 Å². The van der Waals surface area contributed by atoms with Crippen LogP contribution < -0.4 is 15.4 Å². The molecule has 4 aromatic rings. The number of carbonyl (C=O) groups excluding carboxylic acids is 2. The predicted octanol–water partition coefficient (Wildman–Crippen LogP) is 6.30. The lowest BCUT2D eigenvalue weighted by atomic mass is 10.00. The zero-order valence-electron chi connectivity index (χ0n) is 22.4. The van der Waals surface area contributed by atoms with Crippen molar-refractivity contribution in [2.75, 3.05) is 30.9 Å². The van der Waals surface area contributed by atoms with Gasteiger partial charge in [-0.05, 0) is 54.8 Å². The lowest BCUT2D eigenvalue weighted by molar-refractivity contribution is -0.141. The molecular weight excluding hydrogens is 488 g/mol. The average Bonchev–Trinajstić information content (AvgIpc) is 2.98. The van der Waals surface area contributed by atoms with Gasteiger partial charge in [0, 0.05) is 35.5 Å². The van der Waals surface area contributed by atoms with E-state index in [2.05, 4.69) is 29.7 Å². The molecule has 0 aliphatic carbocycles. The molecule has 0 aromatic heterocycles. The number of nitrogens with one attached hydrogen (secondary N) is 2. The van der Waals surface area contributed by atoms with E-state index in [0.29, 0.717) is 29.8 Å². The molecule has 0 saturated heterocycles. The minimum Gasteiger partial charge on any atom is -0.494 e. The van der Waals surface area contributed by atoms with Gasteiger partial charge in [0.15, 0.2) is 5.78 Å². The fraction of sp³-hybridized carbons (Fsp3) is 0.212. The number of carbonyl (C=O) groups is 2. The van der Waals surface area contributed by atoms with E-state index in [1.54, 1.807) is 24.3 Å². The Hall–Kier alpha value is -4.58. The maximum absolute atomic E-state index is 13.1. The quantitative estimate of drug-likeness (QED) is 0.122. The normalized spacial score (nSPS) is 11.3. The Morgan fingerprint density at radius 2 is 1.46 bits per heavy atom. The van der Waals surface area contributed by atoms with Crippen LogP contribution in [0.15, 0.2) is 103 Å². The van der Waals surface area contributed by atoms with Crippen molar-refractivity contribution in [2.24, 2.45) is 0 Å². The molecule has 0 heterocycles. The van der Waals surface area contributed by atoms with Crippen LogP contribution in [0.2, 0.25) is 0 Å². The van der Waals surface area contributed by atoms with Crippen molar-refractivity contribution in [3.05, 3.63) is 125 Å². The van der Waals surface area contributed by atoms with E-state index in [1.807, 2.05) is 66.7 Å². The minimum atomic E-state index is -0.668. The molecule has 1 atom stereocenters. The number of ketones is 1. The molecular formula is C33H34N2O4. The van der Waals surface area contributed by atoms with Crippen LogP contribution >= 0.6 is 0 Å². The molecule has 6 nitrogen and oxygen atoms in total. The van der Waals surface area contributed by atoms with E-state index in [9.17, 15) is 9.59 Å². The molecule has 0 radical (unpaired) electrons. The van der Waals surface area contributed by atoms with Gasteiger partial charge in [-0.2, -0.15) is 0 Å². The Kier molecular flexibility index (Phi) is 9.73. The molecule has 200 valence electrons. The summed E-state index contributed by atoms with van der Waals surface area (Å²) in [7, 11) is 1.36. The highest BCUT2D eigenvalue weighted by Gasteiger charge is 2.22. The van der Waals surface area contributed by atoms with Crippen LogP contribution in [0.3, 0.4) is 0 Å². The molecule has 0 aliphatic rings. The van der Waals surface area contributed by atoms with Crippen molar-refractivity contribution in [2.45, 2.75) is 25.8 Å². The third-order valence-corrected chi connectivity index (χ3v) is 6.44. The van der Waals surface area contributed by atoms with E-state index in [1.165, 1.54) is 12.7 Å². The molecule has 4 aromatic carbocycles. The number of para-hydroxylation sites is 2. The number of hydrogen-bond donors (Lipinski definition) is 2. The summed E-state index contributed by atoms with van der Waals surface area (Å²) in [6, 6.07) is 31.5. The first-order valence-electron chi connectivity index (χ1n) is 13.1. The first kappa shape index (κ1) is 27.5. The predicted molar refractivity (Wildman–Crippen MR) is 156 cm³/mol. The smallest absolute Gasteiger partial charge is 0.328 e. The van der Waals surface area contributed by atoms with E-state index < -0.39 is 12.0 Å². The van der Waals surface area contributed by atoms with Crippen LogP contribution in [-0.2, 0) is 16.0 Å². The zero-order chi connectivity index (χ0) is 27.5. The Labute approximate surface area is 230 Å². The maximum atomic E-state index is 13.1. The molecule has 0 unspecified atom stereocenters. The standard InChI is InChI=1S/C33H34N2O4/c1-24-11-6-8-15-29(24)34-21-10-22-39-27-19-17-25(18-20-27)23-31(33(37)38-2)35-30-16-9-7-14-28(30)32(36)26-12-4-3-5-13-26/h3-9,11-20,31,34-35H,10,21-23H2,1-2H3/t31-/m0/s1. The molecule has 6 heteroatoms. The van der Waals surface area contributed by atoms with E-state index in [4.69, 9.17) is 9.47 Å². The Morgan fingerprint density at radius 3 is 2.18 bits per heavy atom. The van der Waals surface area contributed by atoms with Gasteiger partial charge < -0.3 is 20.1 Å². The first-order chi connectivity index (χ1) is 19.0. The largest absolute Gasteiger partial charge is 0.494 e. The second-order valence-corrected chi connectivity index (χ2v) is 9.25. The van der Waals surface area contributed by atoms with Gasteiger partial charge in [-0.25, -0.2) is 4.79 Å². The molecule has 0 fully saturated rings. The number of benzene rings is 4. The molecule has 4 rings (SSSR count). The highest BCUT2D eigenvalue weighted by Crippen LogP contribution is 2.22. The van der Waals surface area contributed by atoms with Gasteiger partial charge in [-0.1, -0.05) is 72.8 Å². The summed E-state index contributed by atoms with van der Waals surface area (Å²) in [6.45, 7) is 3.50. The number of methoxy groups -OCH3 is 1. The van der Waals surface area contributed by atoms with Crippen molar-refractivity contribution < 1.29 is 19.1 Å². The summed E-state index contributed by atoms with van der Waals surface area (Å²) >= 11 is 0. The third-order valence-electron chi connectivity index (χ3n) is 6.44. The summed E-state index contributed by atoms with van der Waals surface area (Å²) in [5.41, 5.74) is 4.98. The van der Waals surface area contributed by atoms with Gasteiger partial charge in [0.1, 0.15) is 11.8 Å². The number of anilines is 2. The summed E-state index contributed by atoms with van der Waals surface area (Å²) in [6.07, 6.45) is 1.26. The van der Waals surface area contributed by atoms with Crippen molar-refractivity contribution >= 4 is 23.1 Å². The summed E-state index contributed by atoms with van der Waals surface area (Å²) in [4.78, 5) is 25.8. The van der Waals surface area contributed by atoms with E-state index in [0.717, 1.165) is 30.0 Å². The van der Waals surface area contributed by atoms with Crippen LogP contribution in [0.25, 0.3) is 0 Å². The highest BCUT2D eigenvalue weighted by molar-refractivity contribution is 6.12. The number of rotatable bonds is 13. The number of esters is 1. The van der Waals surface area contributed by atoms with Crippen molar-refractivity contribution in [3.8, 4) is 5.75 Å². The Balaban J connectivity index is 1.34. The van der Waals surface area contributed by atoms with Crippen LogP contribution in [0.1, 0.15) is 33.5 Å². The van der Waals surface area contributed by atoms with Gasteiger partial charge >= 0.3 is 5.97 Å². The van der Waals surface area contributed by atoms with Crippen molar-refractivity contribution in [1.82, 2.24) is 0 Å². The monoisotopic (exact) mass is 522 g/mol. The van der Waals surface area contributed by atoms with Crippen molar-refractivity contribution in [1.29, 1.82) is 0 Å². The SMILES string of the molecule is COC(=O)[C@H](Cc1ccc(OCCCNc2ccccc2C)cc1)Nc1ccccc1C(=O)c1ccccc1. The van der Waals surface area contributed by atoms with Crippen LogP contribution in [-0.4, -0.2) is 38.1 Å². The second-order valence-electron chi connectivity index (χ2n) is 9.25. The van der Waals surface area contributed by atoms with E-state index in [-0.39, 0.29) is 5.78 Å². The van der Waals surface area contributed by atoms with Crippen LogP contribution in [0.5, 0.6) is 5.75 Å². The number of ether oxygens (including phenoxy) is 2. The number of aryl methyl sites for hydroxylation is 1. The molecule has 39 heavy (non-hydrogen) atoms. The van der Waals surface area contributed by atoms with Gasteiger partial charge in [-0.15, -0.1) is 0 Å². The first-order valence-corrected chi connectivity index (χ1v) is 13.1. The summed E-state index contributed by atoms with van der Waals surface area (Å²) in [5, 5.41) is 6.68. The molecule has 0 amide bonds. The lowest BCUT2D eigenvalue weighted by Gasteiger charge is -2.20. The maximum Gasteiger partial charge on any atom is 0.328 e. The minimum absolute atomic E-state index is 0.113. The van der Waals surface area contributed by atoms with Crippen LogP contribution in [0, 0.1) is 6.92 Å². The second kappa shape index (κ2) is 13.8. The fourth-order valence-electron chi connectivity index (χ4n) is 4.29. The average molecular weight is 523 g/mol. The summed E-state index contributed by atoms with van der Waals surface area (Å²) in [5.74, 6) is 0.257. The molecule has 0 saturated carbocycles. The fourth-order valence-corrected chi connectivity index (χ4v) is 4.29. The lowest BCUT2D eigenvalue weighted by Crippen LogP contribution is -2.33. The highest BCUT2D eigenvalue weighted by atomic mass is 16.5. The molecule has 2 N–H and O–H groups in total. The van der Waals surface area contributed by atoms with Gasteiger partial charge in [-0.3, -0.25) is 4.79 Å². The van der Waals surface area contributed by atoms with Gasteiger partial charge in [0.2, 0.25) is 0 Å². The zero-order valence-corrected chi connectivity index (χ0v) is 22.4. The van der Waals surface area contributed by atoms with Crippen LogP contribution in [0.4, 0.5) is 11.4 Å². The van der Waals surface area contributed by atoms with Gasteiger partial charge in [0.25, 0.3) is 0 Å². The van der Waals surface area contributed by atoms with Gasteiger partial charge in [0.05, 0.1) is 13.7 Å². The molecule has 0 spiro atoms.